The maximum Gasteiger partial charge on any atom is 0.232 e. The van der Waals surface area contributed by atoms with Crippen LogP contribution in [0.1, 0.15) is 18.4 Å². The van der Waals surface area contributed by atoms with Crippen LogP contribution < -0.4 is 4.74 Å². The molecule has 0 spiro atoms. The van der Waals surface area contributed by atoms with Crippen LogP contribution in [0.2, 0.25) is 0 Å². The summed E-state index contributed by atoms with van der Waals surface area (Å²) in [5.41, 5.74) is 0.416. The summed E-state index contributed by atoms with van der Waals surface area (Å²) < 4.78 is 32.5. The van der Waals surface area contributed by atoms with Crippen molar-refractivity contribution < 1.29 is 13.5 Å². The van der Waals surface area contributed by atoms with Crippen LogP contribution >= 0.6 is 0 Å². The zero-order valence-electron chi connectivity index (χ0n) is 12.8. The van der Waals surface area contributed by atoms with E-state index in [0.29, 0.717) is 30.5 Å². The van der Waals surface area contributed by atoms with Crippen molar-refractivity contribution in [3.8, 4) is 5.88 Å². The highest BCUT2D eigenvalue weighted by atomic mass is 19.1. The van der Waals surface area contributed by atoms with Gasteiger partial charge in [0.05, 0.1) is 12.8 Å². The predicted molar refractivity (Wildman–Crippen MR) is 81.9 cm³/mol. The van der Waals surface area contributed by atoms with E-state index in [9.17, 15) is 8.78 Å². The molecular weight excluding hydrogens is 300 g/mol. The summed E-state index contributed by atoms with van der Waals surface area (Å²) in [6.07, 6.45) is 6.75. The molecule has 2 aromatic rings. The molecule has 122 valence electrons. The minimum Gasteiger partial charge on any atom is -0.476 e. The Morgan fingerprint density at radius 2 is 2.00 bits per heavy atom. The number of hydrogen-bond acceptors (Lipinski definition) is 4. The molecule has 1 aliphatic rings. The summed E-state index contributed by atoms with van der Waals surface area (Å²) in [5, 5.41) is 0. The van der Waals surface area contributed by atoms with Gasteiger partial charge in [-0.1, -0.05) is 0 Å². The number of aromatic nitrogens is 2. The zero-order valence-corrected chi connectivity index (χ0v) is 12.8. The normalized spacial score (nSPS) is 16.4. The largest absolute Gasteiger partial charge is 0.476 e. The molecule has 1 saturated heterocycles. The number of hydrogen-bond donors (Lipinski definition) is 0. The van der Waals surface area contributed by atoms with E-state index in [-0.39, 0.29) is 5.82 Å². The molecule has 0 saturated carbocycles. The first kappa shape index (κ1) is 15.8. The lowest BCUT2D eigenvalue weighted by molar-refractivity contribution is 0.133. The Balaban J connectivity index is 1.46. The Morgan fingerprint density at radius 1 is 1.17 bits per heavy atom. The van der Waals surface area contributed by atoms with E-state index in [4.69, 9.17) is 4.74 Å². The summed E-state index contributed by atoms with van der Waals surface area (Å²) in [7, 11) is 0. The van der Waals surface area contributed by atoms with Gasteiger partial charge in [-0.05, 0) is 50.0 Å². The Hall–Kier alpha value is -2.08. The van der Waals surface area contributed by atoms with E-state index < -0.39 is 5.82 Å². The summed E-state index contributed by atoms with van der Waals surface area (Å²) >= 11 is 0. The number of likely N-dealkylation sites (tertiary alicyclic amines) is 1. The van der Waals surface area contributed by atoms with Crippen LogP contribution in [-0.4, -0.2) is 34.6 Å². The molecule has 1 fully saturated rings. The molecule has 0 N–H and O–H groups in total. The highest BCUT2D eigenvalue weighted by Gasteiger charge is 2.21. The third kappa shape index (κ3) is 4.45. The van der Waals surface area contributed by atoms with Crippen molar-refractivity contribution in [1.29, 1.82) is 0 Å². The molecule has 6 heteroatoms. The lowest BCUT2D eigenvalue weighted by Crippen LogP contribution is -2.35. The fourth-order valence-electron chi connectivity index (χ4n) is 2.78. The first-order chi connectivity index (χ1) is 11.2. The molecule has 0 unspecified atom stereocenters. The minimum atomic E-state index is -0.395. The Kier molecular flexibility index (Phi) is 5.12. The van der Waals surface area contributed by atoms with Gasteiger partial charge in [0.1, 0.15) is 11.6 Å². The second-order valence-electron chi connectivity index (χ2n) is 5.81. The monoisotopic (exact) mass is 319 g/mol. The minimum absolute atomic E-state index is 0.348. The number of rotatable bonds is 5. The smallest absolute Gasteiger partial charge is 0.232 e. The van der Waals surface area contributed by atoms with Crippen LogP contribution in [0.4, 0.5) is 8.78 Å². The fourth-order valence-corrected chi connectivity index (χ4v) is 2.78. The summed E-state index contributed by atoms with van der Waals surface area (Å²) in [6, 6.07) is 3.61. The molecular formula is C17H19F2N3O. The molecule has 1 aromatic carbocycles. The molecule has 1 aromatic heterocycles. The van der Waals surface area contributed by atoms with Gasteiger partial charge in [-0.3, -0.25) is 9.88 Å². The van der Waals surface area contributed by atoms with Gasteiger partial charge in [0, 0.05) is 24.5 Å². The van der Waals surface area contributed by atoms with Gasteiger partial charge < -0.3 is 4.74 Å². The third-order valence-electron chi connectivity index (χ3n) is 4.12. The second kappa shape index (κ2) is 7.46. The lowest BCUT2D eigenvalue weighted by Gasteiger charge is -2.31. The van der Waals surface area contributed by atoms with E-state index in [2.05, 4.69) is 14.9 Å². The highest BCUT2D eigenvalue weighted by molar-refractivity contribution is 5.18. The Labute approximate surface area is 134 Å². The van der Waals surface area contributed by atoms with Gasteiger partial charge in [0.15, 0.2) is 0 Å². The number of ether oxygens (including phenoxy) is 1. The predicted octanol–water partition coefficient (Wildman–Crippen LogP) is 3.05. The topological polar surface area (TPSA) is 38.2 Å². The van der Waals surface area contributed by atoms with E-state index in [0.717, 1.165) is 32.0 Å². The van der Waals surface area contributed by atoms with Crippen LogP contribution in [0.15, 0.2) is 36.8 Å². The summed E-state index contributed by atoms with van der Waals surface area (Å²) in [4.78, 5) is 10.2. The Morgan fingerprint density at radius 3 is 2.74 bits per heavy atom. The first-order valence-corrected chi connectivity index (χ1v) is 7.76. The maximum absolute atomic E-state index is 13.7. The van der Waals surface area contributed by atoms with Gasteiger partial charge >= 0.3 is 0 Å². The van der Waals surface area contributed by atoms with Crippen molar-refractivity contribution in [2.24, 2.45) is 5.92 Å². The molecule has 0 aliphatic carbocycles. The molecule has 4 nitrogen and oxygen atoms in total. The quantitative estimate of drug-likeness (QED) is 0.849. The molecule has 1 aliphatic heterocycles. The average molecular weight is 319 g/mol. The number of halogens is 2. The maximum atomic E-state index is 13.7. The molecule has 0 radical (unpaired) electrons. The zero-order chi connectivity index (χ0) is 16.1. The van der Waals surface area contributed by atoms with Gasteiger partial charge in [0.2, 0.25) is 5.88 Å². The standard InChI is InChI=1S/C17H19F2N3O/c18-15-1-2-16(19)14(9-15)11-22-7-3-13(4-8-22)12-23-17-10-20-5-6-21-17/h1-2,5-6,9-10,13H,3-4,7-8,11-12H2. The van der Waals surface area contributed by atoms with E-state index in [1.165, 1.54) is 12.1 Å². The van der Waals surface area contributed by atoms with Crippen LogP contribution in [0.5, 0.6) is 5.88 Å². The van der Waals surface area contributed by atoms with Crippen LogP contribution in [-0.2, 0) is 6.54 Å². The van der Waals surface area contributed by atoms with Crippen LogP contribution in [0.3, 0.4) is 0 Å². The van der Waals surface area contributed by atoms with E-state index in [1.807, 2.05) is 0 Å². The van der Waals surface area contributed by atoms with Crippen molar-refractivity contribution in [3.63, 3.8) is 0 Å². The lowest BCUT2D eigenvalue weighted by atomic mass is 9.97. The molecule has 3 rings (SSSR count). The van der Waals surface area contributed by atoms with E-state index >= 15 is 0 Å². The molecule has 0 atom stereocenters. The molecule has 23 heavy (non-hydrogen) atoms. The van der Waals surface area contributed by atoms with Crippen molar-refractivity contribution in [1.82, 2.24) is 14.9 Å². The van der Waals surface area contributed by atoms with Gasteiger partial charge in [-0.2, -0.15) is 0 Å². The van der Waals surface area contributed by atoms with E-state index in [1.54, 1.807) is 18.6 Å². The van der Waals surface area contributed by atoms with Crippen LogP contribution in [0, 0.1) is 17.6 Å². The van der Waals surface area contributed by atoms with Crippen molar-refractivity contribution in [3.05, 3.63) is 54.0 Å². The van der Waals surface area contributed by atoms with Crippen molar-refractivity contribution >= 4 is 0 Å². The third-order valence-corrected chi connectivity index (χ3v) is 4.12. The molecule has 0 bridgehead atoms. The fraction of sp³-hybridized carbons (Fsp3) is 0.412. The van der Waals surface area contributed by atoms with Crippen molar-refractivity contribution in [2.45, 2.75) is 19.4 Å². The summed E-state index contributed by atoms with van der Waals surface area (Å²) in [6.45, 7) is 2.76. The first-order valence-electron chi connectivity index (χ1n) is 7.76. The SMILES string of the molecule is Fc1ccc(F)c(CN2CCC(COc3cnccn3)CC2)c1. The number of piperidine rings is 1. The van der Waals surface area contributed by atoms with Gasteiger partial charge in [-0.15, -0.1) is 0 Å². The number of nitrogens with zero attached hydrogens (tertiary/aromatic N) is 3. The average Bonchev–Trinajstić information content (AvgIpc) is 2.58. The van der Waals surface area contributed by atoms with Crippen LogP contribution in [0.25, 0.3) is 0 Å². The number of benzene rings is 1. The van der Waals surface area contributed by atoms with Gasteiger partial charge in [0.25, 0.3) is 0 Å². The van der Waals surface area contributed by atoms with Gasteiger partial charge in [-0.25, -0.2) is 13.8 Å². The molecule has 2 heterocycles. The second-order valence-corrected chi connectivity index (χ2v) is 5.81. The Bertz CT molecular complexity index is 631. The summed E-state index contributed by atoms with van der Waals surface area (Å²) in [5.74, 6) is 0.246. The molecule has 0 amide bonds. The van der Waals surface area contributed by atoms with Crippen molar-refractivity contribution in [2.75, 3.05) is 19.7 Å². The highest BCUT2D eigenvalue weighted by Crippen LogP contribution is 2.21.